The van der Waals surface area contributed by atoms with Crippen molar-refractivity contribution in [3.63, 3.8) is 0 Å². The number of aromatic nitrogens is 2. The van der Waals surface area contributed by atoms with Crippen LogP contribution in [0.3, 0.4) is 0 Å². The van der Waals surface area contributed by atoms with Gasteiger partial charge in [0.15, 0.2) is 0 Å². The third-order valence-corrected chi connectivity index (χ3v) is 2.22. The zero-order valence-corrected chi connectivity index (χ0v) is 10.4. The molecule has 0 aliphatic rings. The van der Waals surface area contributed by atoms with Crippen LogP contribution in [0.15, 0.2) is 10.7 Å². The van der Waals surface area contributed by atoms with Crippen LogP contribution in [0.4, 0.5) is 5.82 Å². The maximum atomic E-state index is 11.3. The summed E-state index contributed by atoms with van der Waals surface area (Å²) < 4.78 is 0.696. The molecule has 1 atom stereocenters. The number of hydrogen-bond donors (Lipinski definition) is 2. The number of halogens is 1. The van der Waals surface area contributed by atoms with Crippen molar-refractivity contribution in [2.45, 2.75) is 19.9 Å². The van der Waals surface area contributed by atoms with Crippen LogP contribution in [0.1, 0.15) is 12.7 Å². The number of amides is 1. The van der Waals surface area contributed by atoms with Gasteiger partial charge >= 0.3 is 0 Å². The molecule has 5 nitrogen and oxygen atoms in total. The molecule has 2 N–H and O–H groups in total. The van der Waals surface area contributed by atoms with E-state index >= 15 is 0 Å². The number of carbonyl (C=O) groups is 1. The first kappa shape index (κ1) is 11.9. The summed E-state index contributed by atoms with van der Waals surface area (Å²) in [6.07, 6.45) is 0. The minimum absolute atomic E-state index is 0.0811. The van der Waals surface area contributed by atoms with Gasteiger partial charge in [0, 0.05) is 13.1 Å². The molecule has 0 aromatic carbocycles. The van der Waals surface area contributed by atoms with Gasteiger partial charge in [0.2, 0.25) is 5.91 Å². The molecule has 0 spiro atoms. The second-order valence-electron chi connectivity index (χ2n) is 3.10. The molecule has 1 aromatic heterocycles. The Morgan fingerprint density at radius 3 is 2.73 bits per heavy atom. The molecule has 15 heavy (non-hydrogen) atoms. The Morgan fingerprint density at radius 1 is 1.53 bits per heavy atom. The molecule has 1 amide bonds. The first-order valence-electron chi connectivity index (χ1n) is 4.52. The van der Waals surface area contributed by atoms with E-state index in [0.29, 0.717) is 16.2 Å². The third-order valence-electron chi connectivity index (χ3n) is 1.81. The molecular weight excluding hydrogens is 260 g/mol. The molecule has 0 aliphatic heterocycles. The van der Waals surface area contributed by atoms with Crippen LogP contribution in [0, 0.1) is 6.92 Å². The molecule has 0 saturated carbocycles. The fraction of sp³-hybridized carbons (Fsp3) is 0.444. The quantitative estimate of drug-likeness (QED) is 0.809. The van der Waals surface area contributed by atoms with Crippen molar-refractivity contribution in [1.29, 1.82) is 0 Å². The van der Waals surface area contributed by atoms with Gasteiger partial charge in [-0.3, -0.25) is 4.79 Å². The first-order valence-corrected chi connectivity index (χ1v) is 5.31. The summed E-state index contributed by atoms with van der Waals surface area (Å²) in [5.74, 6) is 1.20. The van der Waals surface area contributed by atoms with E-state index in [0.717, 1.165) is 0 Å². The van der Waals surface area contributed by atoms with Crippen LogP contribution >= 0.6 is 15.9 Å². The number of nitrogens with zero attached hydrogens (tertiary/aromatic N) is 2. The second kappa shape index (κ2) is 5.06. The van der Waals surface area contributed by atoms with Crippen molar-refractivity contribution in [2.75, 3.05) is 12.4 Å². The molecule has 0 radical (unpaired) electrons. The molecule has 82 valence electrons. The summed E-state index contributed by atoms with van der Waals surface area (Å²) in [6, 6.07) is 1.41. The molecule has 0 saturated heterocycles. The highest BCUT2D eigenvalue weighted by atomic mass is 79.9. The standard InChI is InChI=1S/C9H13BrN4O/c1-5(9(15)11-3)12-8-4-7(10)13-6(2)14-8/h4-5H,1-3H3,(H,11,15)(H,12,13,14). The van der Waals surface area contributed by atoms with Gasteiger partial charge in [-0.05, 0) is 29.8 Å². The molecular formula is C9H13BrN4O. The van der Waals surface area contributed by atoms with Crippen LogP contribution < -0.4 is 10.6 Å². The number of hydrogen-bond acceptors (Lipinski definition) is 4. The van der Waals surface area contributed by atoms with Crippen molar-refractivity contribution in [2.24, 2.45) is 0 Å². The number of likely N-dealkylation sites (N-methyl/N-ethyl adjacent to an activating group) is 1. The van der Waals surface area contributed by atoms with E-state index < -0.39 is 0 Å². The van der Waals surface area contributed by atoms with Gasteiger partial charge in [0.25, 0.3) is 0 Å². The summed E-state index contributed by atoms with van der Waals surface area (Å²) in [7, 11) is 1.60. The summed E-state index contributed by atoms with van der Waals surface area (Å²) >= 11 is 3.27. The number of carbonyl (C=O) groups excluding carboxylic acids is 1. The minimum Gasteiger partial charge on any atom is -0.358 e. The molecule has 0 bridgehead atoms. The van der Waals surface area contributed by atoms with E-state index in [1.807, 2.05) is 0 Å². The first-order chi connectivity index (χ1) is 7.02. The van der Waals surface area contributed by atoms with E-state index in [4.69, 9.17) is 0 Å². The lowest BCUT2D eigenvalue weighted by molar-refractivity contribution is -0.121. The number of anilines is 1. The summed E-state index contributed by atoms with van der Waals surface area (Å²) in [6.45, 7) is 3.56. The number of nitrogens with one attached hydrogen (secondary N) is 2. The van der Waals surface area contributed by atoms with Crippen LogP contribution in [-0.2, 0) is 4.79 Å². The highest BCUT2D eigenvalue weighted by Gasteiger charge is 2.11. The van der Waals surface area contributed by atoms with Crippen LogP contribution in [0.5, 0.6) is 0 Å². The van der Waals surface area contributed by atoms with Gasteiger partial charge in [-0.25, -0.2) is 9.97 Å². The average Bonchev–Trinajstić information content (AvgIpc) is 2.14. The van der Waals surface area contributed by atoms with Crippen molar-refractivity contribution < 1.29 is 4.79 Å². The van der Waals surface area contributed by atoms with E-state index in [9.17, 15) is 4.79 Å². The Labute approximate surface area is 96.8 Å². The molecule has 1 aromatic rings. The van der Waals surface area contributed by atoms with Gasteiger partial charge in [0.1, 0.15) is 22.3 Å². The highest BCUT2D eigenvalue weighted by molar-refractivity contribution is 9.10. The molecule has 0 fully saturated rings. The van der Waals surface area contributed by atoms with Crippen molar-refractivity contribution in [3.05, 3.63) is 16.5 Å². The number of rotatable bonds is 3. The predicted octanol–water partition coefficient (Wildman–Crippen LogP) is 1.09. The van der Waals surface area contributed by atoms with E-state index in [-0.39, 0.29) is 11.9 Å². The molecule has 1 rings (SSSR count). The largest absolute Gasteiger partial charge is 0.358 e. The fourth-order valence-electron chi connectivity index (χ4n) is 1.11. The van der Waals surface area contributed by atoms with Gasteiger partial charge in [-0.15, -0.1) is 0 Å². The van der Waals surface area contributed by atoms with E-state index in [1.54, 1.807) is 27.0 Å². The molecule has 1 heterocycles. The summed E-state index contributed by atoms with van der Waals surface area (Å²) in [4.78, 5) is 19.5. The van der Waals surface area contributed by atoms with Crippen molar-refractivity contribution >= 4 is 27.7 Å². The Morgan fingerprint density at radius 2 is 2.20 bits per heavy atom. The Hall–Kier alpha value is -1.17. The topological polar surface area (TPSA) is 66.9 Å². The van der Waals surface area contributed by atoms with E-state index in [2.05, 4.69) is 36.5 Å². The lowest BCUT2D eigenvalue weighted by atomic mass is 10.3. The monoisotopic (exact) mass is 272 g/mol. The van der Waals surface area contributed by atoms with Crippen molar-refractivity contribution in [1.82, 2.24) is 15.3 Å². The summed E-state index contributed by atoms with van der Waals surface area (Å²) in [5, 5.41) is 5.54. The van der Waals surface area contributed by atoms with Gasteiger partial charge < -0.3 is 10.6 Å². The zero-order chi connectivity index (χ0) is 11.4. The second-order valence-corrected chi connectivity index (χ2v) is 3.92. The highest BCUT2D eigenvalue weighted by Crippen LogP contribution is 2.12. The lowest BCUT2D eigenvalue weighted by Gasteiger charge is -2.13. The number of aryl methyl sites for hydroxylation is 1. The smallest absolute Gasteiger partial charge is 0.241 e. The average molecular weight is 273 g/mol. The SMILES string of the molecule is CNC(=O)C(C)Nc1cc(Br)nc(C)n1. The third kappa shape index (κ3) is 3.47. The Bertz CT molecular complexity index is 349. The van der Waals surface area contributed by atoms with Crippen molar-refractivity contribution in [3.8, 4) is 0 Å². The Balaban J connectivity index is 2.76. The predicted molar refractivity (Wildman–Crippen MR) is 61.6 cm³/mol. The fourth-order valence-corrected chi connectivity index (χ4v) is 1.58. The Kier molecular flexibility index (Phi) is 4.02. The zero-order valence-electron chi connectivity index (χ0n) is 8.84. The lowest BCUT2D eigenvalue weighted by Crippen LogP contribution is -2.35. The van der Waals surface area contributed by atoms with Crippen LogP contribution in [0.2, 0.25) is 0 Å². The van der Waals surface area contributed by atoms with Gasteiger partial charge in [-0.2, -0.15) is 0 Å². The van der Waals surface area contributed by atoms with Crippen LogP contribution in [0.25, 0.3) is 0 Å². The maximum Gasteiger partial charge on any atom is 0.241 e. The summed E-state index contributed by atoms with van der Waals surface area (Å²) in [5.41, 5.74) is 0. The minimum atomic E-state index is -0.323. The van der Waals surface area contributed by atoms with Gasteiger partial charge in [0.05, 0.1) is 0 Å². The van der Waals surface area contributed by atoms with Crippen LogP contribution in [-0.4, -0.2) is 29.0 Å². The molecule has 6 heteroatoms. The molecule has 0 aliphatic carbocycles. The molecule has 1 unspecified atom stereocenters. The van der Waals surface area contributed by atoms with Gasteiger partial charge in [-0.1, -0.05) is 0 Å². The normalized spacial score (nSPS) is 12.0. The maximum absolute atomic E-state index is 11.3. The van der Waals surface area contributed by atoms with E-state index in [1.165, 1.54) is 0 Å².